The minimum absolute atomic E-state index is 0.0617. The monoisotopic (exact) mass is 779 g/mol. The number of amides is 4. The van der Waals surface area contributed by atoms with Crippen molar-refractivity contribution in [2.75, 3.05) is 9.80 Å². The Kier molecular flexibility index (Phi) is 8.77. The first-order valence-electron chi connectivity index (χ1n) is 18.6. The molecule has 11 nitrogen and oxygen atoms in total. The Balaban J connectivity index is 1.20. The van der Waals surface area contributed by atoms with Crippen molar-refractivity contribution in [3.63, 3.8) is 0 Å². The van der Waals surface area contributed by atoms with Gasteiger partial charge < -0.3 is 9.84 Å². The van der Waals surface area contributed by atoms with E-state index in [1.54, 1.807) is 48.5 Å². The van der Waals surface area contributed by atoms with Gasteiger partial charge in [-0.05, 0) is 66.3 Å². The summed E-state index contributed by atoms with van der Waals surface area (Å²) >= 11 is 6.42. The van der Waals surface area contributed by atoms with Crippen LogP contribution >= 0.6 is 11.6 Å². The second-order valence-corrected chi connectivity index (χ2v) is 15.3. The SMILES string of the molecule is O=C1C2CC=C3C(CC4C(=O)N(c5cccc(Cl)c5)C(=O)C4(c4ccccc4)C3c3ccc(OCc4ccccc4)cc3O)C2C(=O)N1c1ccc([N+](=O)[O-])cc1. The lowest BCUT2D eigenvalue weighted by Crippen LogP contribution is -2.53. The smallest absolute Gasteiger partial charge is 0.269 e. The Morgan fingerprint density at radius 1 is 0.772 bits per heavy atom. The van der Waals surface area contributed by atoms with E-state index in [4.69, 9.17) is 16.3 Å². The van der Waals surface area contributed by atoms with Crippen LogP contribution in [-0.4, -0.2) is 33.7 Å². The number of fused-ring (bicyclic) bond motifs is 4. The first kappa shape index (κ1) is 36.1. The van der Waals surface area contributed by atoms with Gasteiger partial charge in [0.2, 0.25) is 23.6 Å². The molecule has 5 aromatic rings. The van der Waals surface area contributed by atoms with Crippen molar-refractivity contribution in [3.05, 3.63) is 171 Å². The number of phenols is 1. The van der Waals surface area contributed by atoms with Crippen LogP contribution in [0.15, 0.2) is 139 Å². The van der Waals surface area contributed by atoms with Gasteiger partial charge in [-0.2, -0.15) is 0 Å². The number of aromatic hydroxyl groups is 1. The number of phenolic OH excluding ortho intramolecular Hbond substituents is 1. The van der Waals surface area contributed by atoms with Gasteiger partial charge >= 0.3 is 0 Å². The van der Waals surface area contributed by atoms with Gasteiger partial charge in [0.25, 0.3) is 5.69 Å². The molecule has 3 fully saturated rings. The van der Waals surface area contributed by atoms with Crippen LogP contribution in [0.25, 0.3) is 0 Å². The van der Waals surface area contributed by atoms with Gasteiger partial charge in [-0.25, -0.2) is 4.90 Å². The molecule has 57 heavy (non-hydrogen) atoms. The third kappa shape index (κ3) is 5.63. The van der Waals surface area contributed by atoms with Gasteiger partial charge in [0, 0.05) is 34.7 Å². The van der Waals surface area contributed by atoms with Gasteiger partial charge in [-0.1, -0.05) is 96.0 Å². The fourth-order valence-electron chi connectivity index (χ4n) is 9.66. The number of carbonyl (C=O) groups excluding carboxylic acids is 4. The summed E-state index contributed by atoms with van der Waals surface area (Å²) in [7, 11) is 0. The Hall–Kier alpha value is -6.59. The maximum absolute atomic E-state index is 15.5. The summed E-state index contributed by atoms with van der Waals surface area (Å²) in [6.45, 7) is 0.248. The van der Waals surface area contributed by atoms with Crippen molar-refractivity contribution < 1.29 is 33.9 Å². The molecule has 0 bridgehead atoms. The number of rotatable bonds is 8. The highest BCUT2D eigenvalue weighted by atomic mass is 35.5. The average Bonchev–Trinajstić information content (AvgIpc) is 3.61. The standard InChI is InChI=1S/C45H34ClN3O8/c46-28-12-7-13-31(22-28)48-42(52)37-24-36-33(20-21-35-39(36)43(53)47(41(35)51)29-14-16-30(17-15-29)49(55)56)40(45(37,44(48)54)27-10-5-2-6-11-27)34-19-18-32(23-38(34)50)57-25-26-8-3-1-4-9-26/h1-20,22-23,35-37,39-40,50H,21,24-25H2. The summed E-state index contributed by atoms with van der Waals surface area (Å²) in [5.74, 6) is -6.02. The third-order valence-corrected chi connectivity index (χ3v) is 12.3. The molecule has 1 saturated carbocycles. The number of anilines is 2. The van der Waals surface area contributed by atoms with Gasteiger partial charge in [0.1, 0.15) is 18.1 Å². The molecule has 2 heterocycles. The number of nitro groups is 1. The number of non-ortho nitro benzene ring substituents is 1. The number of imide groups is 2. The summed E-state index contributed by atoms with van der Waals surface area (Å²) in [4.78, 5) is 72.2. The lowest BCUT2D eigenvalue weighted by molar-refractivity contribution is -0.384. The van der Waals surface area contributed by atoms with Crippen molar-refractivity contribution in [1.29, 1.82) is 0 Å². The molecule has 1 N–H and O–H groups in total. The van der Waals surface area contributed by atoms with Crippen LogP contribution < -0.4 is 14.5 Å². The van der Waals surface area contributed by atoms with Crippen molar-refractivity contribution in [1.82, 2.24) is 0 Å². The number of benzene rings is 5. The van der Waals surface area contributed by atoms with E-state index in [9.17, 15) is 24.8 Å². The largest absolute Gasteiger partial charge is 0.508 e. The third-order valence-electron chi connectivity index (χ3n) is 12.0. The maximum Gasteiger partial charge on any atom is 0.269 e. The van der Waals surface area contributed by atoms with Gasteiger partial charge in [-0.3, -0.25) is 34.2 Å². The number of nitro benzene ring substituents is 1. The minimum atomic E-state index is -1.58. The Bertz CT molecular complexity index is 2510. The number of carbonyl (C=O) groups is 4. The van der Waals surface area contributed by atoms with Gasteiger partial charge in [0.15, 0.2) is 0 Å². The second-order valence-electron chi connectivity index (χ2n) is 14.9. The zero-order valence-electron chi connectivity index (χ0n) is 30.2. The summed E-state index contributed by atoms with van der Waals surface area (Å²) in [6.07, 6.45) is 2.13. The van der Waals surface area contributed by atoms with E-state index in [-0.39, 0.29) is 36.6 Å². The second kappa shape index (κ2) is 13.9. The predicted octanol–water partition coefficient (Wildman–Crippen LogP) is 7.90. The molecule has 6 atom stereocenters. The molecular weight excluding hydrogens is 746 g/mol. The zero-order valence-corrected chi connectivity index (χ0v) is 31.0. The van der Waals surface area contributed by atoms with Crippen molar-refractivity contribution in [2.24, 2.45) is 23.7 Å². The van der Waals surface area contributed by atoms with Crippen molar-refractivity contribution in [2.45, 2.75) is 30.8 Å². The Morgan fingerprint density at radius 2 is 1.49 bits per heavy atom. The molecular formula is C45H34ClN3O8. The molecule has 5 aromatic carbocycles. The number of hydrogen-bond donors (Lipinski definition) is 1. The number of halogens is 1. The first-order chi connectivity index (χ1) is 27.6. The van der Waals surface area contributed by atoms with E-state index in [0.29, 0.717) is 33.2 Å². The molecule has 12 heteroatoms. The van der Waals surface area contributed by atoms with E-state index < -0.39 is 63.6 Å². The van der Waals surface area contributed by atoms with Crippen LogP contribution in [0, 0.1) is 33.8 Å². The highest BCUT2D eigenvalue weighted by Gasteiger charge is 2.70. The molecule has 2 saturated heterocycles. The highest BCUT2D eigenvalue weighted by Crippen LogP contribution is 2.65. The molecule has 2 aliphatic carbocycles. The van der Waals surface area contributed by atoms with E-state index in [1.165, 1.54) is 35.2 Å². The highest BCUT2D eigenvalue weighted by molar-refractivity contribution is 6.32. The van der Waals surface area contributed by atoms with E-state index in [0.717, 1.165) is 10.5 Å². The summed E-state index contributed by atoms with van der Waals surface area (Å²) in [5.41, 5.74) is 1.27. The topological polar surface area (TPSA) is 147 Å². The van der Waals surface area contributed by atoms with Crippen LogP contribution in [-0.2, 0) is 31.2 Å². The van der Waals surface area contributed by atoms with Crippen LogP contribution in [0.4, 0.5) is 17.1 Å². The van der Waals surface area contributed by atoms with Crippen molar-refractivity contribution in [3.8, 4) is 11.5 Å². The lowest BCUT2D eigenvalue weighted by atomic mass is 9.49. The average molecular weight is 780 g/mol. The minimum Gasteiger partial charge on any atom is -0.508 e. The Labute approximate surface area is 331 Å². The van der Waals surface area contributed by atoms with E-state index in [1.807, 2.05) is 54.6 Å². The number of ether oxygens (including phenoxy) is 1. The predicted molar refractivity (Wildman–Crippen MR) is 211 cm³/mol. The van der Waals surface area contributed by atoms with Crippen LogP contribution in [0.3, 0.4) is 0 Å². The molecule has 4 aliphatic rings. The maximum atomic E-state index is 15.5. The fourth-order valence-corrected chi connectivity index (χ4v) is 9.85. The van der Waals surface area contributed by atoms with Gasteiger partial charge in [0.05, 0.1) is 39.5 Å². The molecule has 284 valence electrons. The number of nitrogens with zero attached hydrogens (tertiary/aromatic N) is 3. The normalized spacial score (nSPS) is 25.1. The fraction of sp³-hybridized carbons (Fsp3) is 0.200. The molecule has 4 amide bonds. The van der Waals surface area contributed by atoms with Gasteiger partial charge in [-0.15, -0.1) is 0 Å². The molecule has 2 aliphatic heterocycles. The summed E-state index contributed by atoms with van der Waals surface area (Å²) in [6, 6.07) is 35.3. The molecule has 0 radical (unpaired) electrons. The number of allylic oxidation sites excluding steroid dienone is 2. The molecule has 0 spiro atoms. The lowest BCUT2D eigenvalue weighted by Gasteiger charge is -2.50. The molecule has 0 aromatic heterocycles. The first-order valence-corrected chi connectivity index (χ1v) is 19.0. The van der Waals surface area contributed by atoms with Crippen LogP contribution in [0.5, 0.6) is 11.5 Å². The zero-order chi connectivity index (χ0) is 39.6. The van der Waals surface area contributed by atoms with Crippen LogP contribution in [0.2, 0.25) is 5.02 Å². The van der Waals surface area contributed by atoms with E-state index >= 15 is 9.59 Å². The quantitative estimate of drug-likeness (QED) is 0.0724. The van der Waals surface area contributed by atoms with Crippen LogP contribution in [0.1, 0.15) is 35.4 Å². The summed E-state index contributed by atoms with van der Waals surface area (Å²) < 4.78 is 6.06. The Morgan fingerprint density at radius 3 is 2.18 bits per heavy atom. The van der Waals surface area contributed by atoms with Crippen molar-refractivity contribution >= 4 is 52.3 Å². The molecule has 9 rings (SSSR count). The summed E-state index contributed by atoms with van der Waals surface area (Å²) in [5, 5.41) is 23.7. The molecule has 6 unspecified atom stereocenters. The number of hydrogen-bond acceptors (Lipinski definition) is 8. The van der Waals surface area contributed by atoms with E-state index in [2.05, 4.69) is 0 Å².